The largest absolute Gasteiger partial charge is 0.371 e. The first-order valence-corrected chi connectivity index (χ1v) is 16.9. The van der Waals surface area contributed by atoms with Crippen molar-refractivity contribution in [2.75, 3.05) is 33.0 Å². The first kappa shape index (κ1) is 30.4. The lowest BCUT2D eigenvalue weighted by molar-refractivity contribution is -0.263. The second kappa shape index (κ2) is 19.6. The summed E-state index contributed by atoms with van der Waals surface area (Å²) in [6.07, 6.45) is -6.58. The molecule has 0 bridgehead atoms. The summed E-state index contributed by atoms with van der Waals surface area (Å²) >= 11 is 5.82. The zero-order valence-corrected chi connectivity index (χ0v) is 26.9. The van der Waals surface area contributed by atoms with Gasteiger partial charge in [0.1, 0.15) is 81.4 Å². The molecule has 11 nitrogen and oxygen atoms in total. The smallest absolute Gasteiger partial charge is 0.168 e. The second-order valence-corrected chi connectivity index (χ2v) is 13.5. The lowest BCUT2D eigenvalue weighted by Crippen LogP contribution is -2.66. The average molecular weight is 677 g/mol. The van der Waals surface area contributed by atoms with Crippen LogP contribution in [-0.2, 0) is 42.9 Å². The Morgan fingerprint density at radius 1 is 0.783 bits per heavy atom. The summed E-state index contributed by atoms with van der Waals surface area (Å²) in [6.45, 7) is -3.08. The van der Waals surface area contributed by atoms with E-state index in [-0.39, 0.29) is 23.4 Å². The molecule has 2 aromatic carbocycles. The van der Waals surface area contributed by atoms with Crippen molar-refractivity contribution in [3.8, 4) is 0 Å². The summed E-state index contributed by atoms with van der Waals surface area (Å²) in [5.74, 6) is 0. The number of hydrogen-bond donors (Lipinski definition) is 2. The van der Waals surface area contributed by atoms with Gasteiger partial charge in [-0.15, -0.1) is 0 Å². The molecule has 2 aromatic rings. The summed E-state index contributed by atoms with van der Waals surface area (Å²) in [4.78, 5) is 46.2. The maximum absolute atomic E-state index is 11.7. The van der Waals surface area contributed by atoms with Gasteiger partial charge in [-0.1, -0.05) is 73.5 Å². The zero-order valence-electron chi connectivity index (χ0n) is 29.2. The van der Waals surface area contributed by atoms with Crippen molar-refractivity contribution in [3.63, 3.8) is 0 Å². The van der Waals surface area contributed by atoms with E-state index in [0.717, 1.165) is 25.7 Å². The molecule has 1 heterocycles. The number of ether oxygens (including phenoxy) is 5. The fourth-order valence-electron chi connectivity index (χ4n) is 5.98. The number of hydrogen-bond acceptors (Lipinski definition) is 10. The molecule has 2 N–H and O–H groups in total. The number of benzene rings is 2. The van der Waals surface area contributed by atoms with Gasteiger partial charge in [0, 0.05) is 11.7 Å². The third-order valence-electron chi connectivity index (χ3n) is 7.80. The molecule has 1 aliphatic carbocycles. The minimum atomic E-state index is -1.30. The van der Waals surface area contributed by atoms with Crippen LogP contribution in [0.5, 0.6) is 0 Å². The molecule has 0 radical (unpaired) electrons. The minimum absolute atomic E-state index is 0.0395. The standard InChI is InChI=1S/C33H41N2O9PS/c36-15-19-40-23-27-29(41-20-16-37)30(42-21-17-38)31(43-22-18-39)32(44-27)35-33(46)34-26-13-7-8-14-28(26)45(24-9-3-1-4-10-24)25-11-5-2-6-12-25/h1-6,9-12,15-18,26-32H,7-8,13-14,19-23H2,(H2,34,35,46)/t26?,27-,28?,29-,30+,31+,32+/m1/s1/i15D,16D,17D,18D. The highest BCUT2D eigenvalue weighted by Crippen LogP contribution is 2.46. The van der Waals surface area contributed by atoms with Crippen LogP contribution < -0.4 is 21.2 Å². The number of carbonyl (C=O) groups excluding carboxylic acids is 4. The van der Waals surface area contributed by atoms with Gasteiger partial charge in [-0.05, 0) is 43.6 Å². The topological polar surface area (TPSA) is 138 Å². The number of thiocarbonyl (C=S) groups is 1. The van der Waals surface area contributed by atoms with E-state index in [1.807, 2.05) is 36.4 Å². The van der Waals surface area contributed by atoms with E-state index in [1.54, 1.807) is 0 Å². The Hall–Kier alpha value is -2.96. The van der Waals surface area contributed by atoms with Gasteiger partial charge in [0.05, 0.1) is 6.61 Å². The van der Waals surface area contributed by atoms with E-state index in [4.69, 9.17) is 41.4 Å². The molecule has 2 aliphatic rings. The quantitative estimate of drug-likeness (QED) is 0.135. The number of aldehydes is 4. The monoisotopic (exact) mass is 676 g/mol. The molecule has 1 aliphatic heterocycles. The van der Waals surface area contributed by atoms with E-state index in [1.165, 1.54) is 10.6 Å². The molecular formula is C33H41N2O9PS. The van der Waals surface area contributed by atoms with Crippen LogP contribution in [0.15, 0.2) is 60.7 Å². The van der Waals surface area contributed by atoms with E-state index in [9.17, 15) is 19.2 Å². The first-order valence-electron chi connectivity index (χ1n) is 17.1. The first-order chi connectivity index (χ1) is 24.0. The van der Waals surface area contributed by atoms with Gasteiger partial charge in [0.2, 0.25) is 0 Å². The molecule has 1 saturated carbocycles. The molecule has 1 saturated heterocycles. The van der Waals surface area contributed by atoms with Crippen LogP contribution in [-0.4, -0.2) is 106 Å². The van der Waals surface area contributed by atoms with Crippen molar-refractivity contribution in [1.29, 1.82) is 0 Å². The van der Waals surface area contributed by atoms with Gasteiger partial charge in [-0.3, -0.25) is 0 Å². The van der Waals surface area contributed by atoms with Gasteiger partial charge in [-0.25, -0.2) is 0 Å². The van der Waals surface area contributed by atoms with Crippen molar-refractivity contribution < 1.29 is 48.3 Å². The van der Waals surface area contributed by atoms with Gasteiger partial charge in [0.25, 0.3) is 0 Å². The fourth-order valence-corrected chi connectivity index (χ4v) is 9.33. The van der Waals surface area contributed by atoms with Crippen LogP contribution in [0.2, 0.25) is 0 Å². The van der Waals surface area contributed by atoms with Crippen molar-refractivity contribution in [1.82, 2.24) is 10.6 Å². The molecule has 4 rings (SSSR count). The van der Waals surface area contributed by atoms with Crippen LogP contribution in [0, 0.1) is 0 Å². The van der Waals surface area contributed by atoms with E-state index in [0.29, 0.717) is 0 Å². The fraction of sp³-hybridized carbons (Fsp3) is 0.485. The molecule has 2 fully saturated rings. The maximum Gasteiger partial charge on any atom is 0.168 e. The summed E-state index contributed by atoms with van der Waals surface area (Å²) in [6, 6.07) is 20.7. The Morgan fingerprint density at radius 2 is 1.33 bits per heavy atom. The molecule has 248 valence electrons. The Labute approximate surface area is 281 Å². The van der Waals surface area contributed by atoms with Crippen molar-refractivity contribution in [2.24, 2.45) is 0 Å². The lowest BCUT2D eigenvalue weighted by Gasteiger charge is -2.46. The molecule has 46 heavy (non-hydrogen) atoms. The summed E-state index contributed by atoms with van der Waals surface area (Å²) < 4.78 is 58.0. The van der Waals surface area contributed by atoms with Gasteiger partial charge < -0.3 is 53.5 Å². The maximum atomic E-state index is 11.7. The molecule has 2 unspecified atom stereocenters. The summed E-state index contributed by atoms with van der Waals surface area (Å²) in [5.41, 5.74) is 0.214. The van der Waals surface area contributed by atoms with Crippen LogP contribution >= 0.6 is 20.1 Å². The highest BCUT2D eigenvalue weighted by molar-refractivity contribution is 7.80. The second-order valence-electron chi connectivity index (χ2n) is 10.6. The third kappa shape index (κ3) is 10.0. The highest BCUT2D eigenvalue weighted by atomic mass is 32.1. The van der Waals surface area contributed by atoms with Crippen LogP contribution in [0.25, 0.3) is 0 Å². The molecule has 0 amide bonds. The third-order valence-corrected chi connectivity index (χ3v) is 11.0. The Kier molecular flexibility index (Phi) is 13.0. The molecule has 0 aromatic heterocycles. The van der Waals surface area contributed by atoms with Crippen molar-refractivity contribution >= 4 is 60.9 Å². The Morgan fingerprint density at radius 3 is 1.91 bits per heavy atom. The van der Waals surface area contributed by atoms with Crippen LogP contribution in [0.1, 0.15) is 31.2 Å². The van der Waals surface area contributed by atoms with E-state index in [2.05, 4.69) is 34.9 Å². The van der Waals surface area contributed by atoms with Gasteiger partial charge in [0.15, 0.2) is 11.3 Å². The SMILES string of the molecule is [2H]C(=O)COC[C@H]1O[C@H](NC(=S)NC2CCCCC2P(c2ccccc2)c2ccccc2)[C@@H](OCC([2H])=O)[C@@H](OCC([2H])=O)[C@@H]1OCC([2H])=O. The predicted octanol–water partition coefficient (Wildman–Crippen LogP) is 1.59. The lowest BCUT2D eigenvalue weighted by atomic mass is 9.95. The number of carbonyl (C=O) groups is 4. The molecule has 13 heteroatoms. The van der Waals surface area contributed by atoms with Crippen molar-refractivity contribution in [2.45, 2.75) is 68.0 Å². The van der Waals surface area contributed by atoms with Crippen molar-refractivity contribution in [3.05, 3.63) is 60.7 Å². The molecular weight excluding hydrogens is 631 g/mol. The van der Waals surface area contributed by atoms with E-state index >= 15 is 0 Å². The molecule has 7 atom stereocenters. The Balaban J connectivity index is 1.61. The van der Waals surface area contributed by atoms with Gasteiger partial charge >= 0.3 is 0 Å². The van der Waals surface area contributed by atoms with Crippen LogP contribution in [0.3, 0.4) is 0 Å². The summed E-state index contributed by atoms with van der Waals surface area (Å²) in [5, 5.41) is 9.24. The normalized spacial score (nSPS) is 27.4. The average Bonchev–Trinajstić information content (AvgIpc) is 3.07. The van der Waals surface area contributed by atoms with Crippen LogP contribution in [0.4, 0.5) is 0 Å². The summed E-state index contributed by atoms with van der Waals surface area (Å²) in [7, 11) is -0.787. The van der Waals surface area contributed by atoms with Gasteiger partial charge in [-0.2, -0.15) is 0 Å². The molecule has 0 spiro atoms. The predicted molar refractivity (Wildman–Crippen MR) is 177 cm³/mol. The zero-order chi connectivity index (χ0) is 36.0. The minimum Gasteiger partial charge on any atom is -0.371 e. The highest BCUT2D eigenvalue weighted by Gasteiger charge is 2.49. The van der Waals surface area contributed by atoms with E-state index < -0.39 is 90.0 Å². The number of rotatable bonds is 18. The Bertz CT molecular complexity index is 1410. The number of nitrogens with one attached hydrogen (secondary N) is 2.